The summed E-state index contributed by atoms with van der Waals surface area (Å²) in [7, 11) is 0. The first-order chi connectivity index (χ1) is 9.11. The number of benzene rings is 1. The van der Waals surface area contributed by atoms with Crippen molar-refractivity contribution >= 4 is 5.78 Å². The van der Waals surface area contributed by atoms with Gasteiger partial charge in [-0.25, -0.2) is 9.97 Å². The number of ketones is 1. The number of aromatic nitrogens is 2. The van der Waals surface area contributed by atoms with Crippen LogP contribution in [0.5, 0.6) is 0 Å². The summed E-state index contributed by atoms with van der Waals surface area (Å²) in [6, 6.07) is 9.49. The average molecular weight is 254 g/mol. The molecule has 98 valence electrons. The lowest BCUT2D eigenvalue weighted by Gasteiger charge is -2.11. The second-order valence-electron chi connectivity index (χ2n) is 4.71. The fraction of sp³-hybridized carbons (Fsp3) is 0.312. The number of carbonyl (C=O) groups is 1. The summed E-state index contributed by atoms with van der Waals surface area (Å²) in [6.07, 6.45) is 2.50. The number of nitrogens with zero attached hydrogens (tertiary/aromatic N) is 2. The van der Waals surface area contributed by atoms with E-state index in [4.69, 9.17) is 0 Å². The lowest BCUT2D eigenvalue weighted by atomic mass is 9.95. The Labute approximate surface area is 113 Å². The van der Waals surface area contributed by atoms with E-state index in [-0.39, 0.29) is 11.7 Å². The third-order valence-electron chi connectivity index (χ3n) is 3.18. The van der Waals surface area contributed by atoms with E-state index in [1.807, 2.05) is 51.1 Å². The first kappa shape index (κ1) is 13.4. The van der Waals surface area contributed by atoms with Gasteiger partial charge in [0.1, 0.15) is 5.82 Å². The number of hydrogen-bond donors (Lipinski definition) is 0. The largest absolute Gasteiger partial charge is 0.293 e. The van der Waals surface area contributed by atoms with Crippen LogP contribution in [0.4, 0.5) is 0 Å². The molecule has 0 aliphatic heterocycles. The van der Waals surface area contributed by atoms with Crippen LogP contribution in [0.3, 0.4) is 0 Å². The maximum atomic E-state index is 12.4. The van der Waals surface area contributed by atoms with Crippen LogP contribution < -0.4 is 0 Å². The second-order valence-corrected chi connectivity index (χ2v) is 4.71. The summed E-state index contributed by atoms with van der Waals surface area (Å²) in [5.41, 5.74) is 2.62. The van der Waals surface area contributed by atoms with Crippen molar-refractivity contribution in [3.63, 3.8) is 0 Å². The van der Waals surface area contributed by atoms with Crippen LogP contribution >= 0.6 is 0 Å². The molecule has 0 aliphatic rings. The van der Waals surface area contributed by atoms with Gasteiger partial charge in [0.2, 0.25) is 0 Å². The molecular weight excluding hydrogens is 236 g/mol. The Bertz CT molecular complexity index is 593. The zero-order valence-corrected chi connectivity index (χ0v) is 11.6. The summed E-state index contributed by atoms with van der Waals surface area (Å²) >= 11 is 0. The average Bonchev–Trinajstić information content (AvgIpc) is 2.45. The van der Waals surface area contributed by atoms with Crippen LogP contribution in [-0.2, 0) is 6.42 Å². The normalized spacial score (nSPS) is 12.2. The summed E-state index contributed by atoms with van der Waals surface area (Å²) in [5.74, 6) is 0.640. The standard InChI is InChI=1S/C16H18N2O/c1-4-15-17-9-8-14(18-15)12(3)16(19)13-7-5-6-11(2)10-13/h5-10,12H,4H2,1-3H3. The van der Waals surface area contributed by atoms with Crippen molar-refractivity contribution in [2.24, 2.45) is 0 Å². The summed E-state index contributed by atoms with van der Waals surface area (Å²) in [5, 5.41) is 0. The molecule has 1 atom stereocenters. The van der Waals surface area contributed by atoms with Crippen molar-refractivity contribution in [2.45, 2.75) is 33.1 Å². The number of rotatable bonds is 4. The van der Waals surface area contributed by atoms with E-state index in [0.29, 0.717) is 0 Å². The van der Waals surface area contributed by atoms with Gasteiger partial charge in [0, 0.05) is 18.2 Å². The van der Waals surface area contributed by atoms with Gasteiger partial charge in [-0.05, 0) is 26.0 Å². The molecule has 0 radical (unpaired) electrons. The second kappa shape index (κ2) is 5.74. The van der Waals surface area contributed by atoms with E-state index < -0.39 is 0 Å². The molecule has 1 heterocycles. The quantitative estimate of drug-likeness (QED) is 0.786. The first-order valence-corrected chi connectivity index (χ1v) is 6.54. The first-order valence-electron chi connectivity index (χ1n) is 6.54. The van der Waals surface area contributed by atoms with E-state index in [0.717, 1.165) is 29.1 Å². The van der Waals surface area contributed by atoms with Gasteiger partial charge in [0.25, 0.3) is 0 Å². The zero-order chi connectivity index (χ0) is 13.8. The molecule has 2 rings (SSSR count). The Kier molecular flexibility index (Phi) is 4.05. The van der Waals surface area contributed by atoms with Gasteiger partial charge in [-0.2, -0.15) is 0 Å². The molecule has 3 heteroatoms. The third-order valence-corrected chi connectivity index (χ3v) is 3.18. The lowest BCUT2D eigenvalue weighted by Crippen LogP contribution is -2.12. The molecule has 1 unspecified atom stereocenters. The van der Waals surface area contributed by atoms with Crippen molar-refractivity contribution in [3.05, 3.63) is 59.2 Å². The van der Waals surface area contributed by atoms with Gasteiger partial charge in [-0.1, -0.05) is 30.7 Å². The predicted molar refractivity (Wildman–Crippen MR) is 75.3 cm³/mol. The van der Waals surface area contributed by atoms with Crippen molar-refractivity contribution in [1.82, 2.24) is 9.97 Å². The monoisotopic (exact) mass is 254 g/mol. The molecule has 0 fully saturated rings. The van der Waals surface area contributed by atoms with Crippen molar-refractivity contribution in [2.75, 3.05) is 0 Å². The molecule has 0 spiro atoms. The summed E-state index contributed by atoms with van der Waals surface area (Å²) in [6.45, 7) is 5.89. The van der Waals surface area contributed by atoms with Crippen LogP contribution in [0, 0.1) is 6.92 Å². The molecule has 2 aromatic rings. The van der Waals surface area contributed by atoms with Gasteiger partial charge < -0.3 is 0 Å². The lowest BCUT2D eigenvalue weighted by molar-refractivity contribution is 0.0964. The minimum absolute atomic E-state index is 0.101. The minimum atomic E-state index is -0.241. The smallest absolute Gasteiger partial charge is 0.171 e. The van der Waals surface area contributed by atoms with E-state index in [2.05, 4.69) is 9.97 Å². The van der Waals surface area contributed by atoms with E-state index in [1.165, 1.54) is 0 Å². The highest BCUT2D eigenvalue weighted by Gasteiger charge is 2.18. The fourth-order valence-electron chi connectivity index (χ4n) is 2.01. The molecular formula is C16H18N2O. The van der Waals surface area contributed by atoms with Crippen LogP contribution in [0.2, 0.25) is 0 Å². The molecule has 0 saturated carbocycles. The molecule has 3 nitrogen and oxygen atoms in total. The Hall–Kier alpha value is -2.03. The SMILES string of the molecule is CCc1nccc(C(C)C(=O)c2cccc(C)c2)n1. The van der Waals surface area contributed by atoms with Gasteiger partial charge in [-0.3, -0.25) is 4.79 Å². The van der Waals surface area contributed by atoms with Crippen LogP contribution in [-0.4, -0.2) is 15.8 Å². The van der Waals surface area contributed by atoms with Crippen molar-refractivity contribution < 1.29 is 4.79 Å². The highest BCUT2D eigenvalue weighted by Crippen LogP contribution is 2.19. The molecule has 1 aromatic heterocycles. The Morgan fingerprint density at radius 2 is 2.11 bits per heavy atom. The van der Waals surface area contributed by atoms with Crippen LogP contribution in [0.1, 0.15) is 47.2 Å². The van der Waals surface area contributed by atoms with Crippen molar-refractivity contribution in [1.29, 1.82) is 0 Å². The molecule has 0 aliphatic carbocycles. The maximum absolute atomic E-state index is 12.4. The number of aryl methyl sites for hydroxylation is 2. The highest BCUT2D eigenvalue weighted by molar-refractivity contribution is 6.00. The van der Waals surface area contributed by atoms with E-state index >= 15 is 0 Å². The summed E-state index contributed by atoms with van der Waals surface area (Å²) in [4.78, 5) is 21.0. The maximum Gasteiger partial charge on any atom is 0.171 e. The van der Waals surface area contributed by atoms with E-state index in [9.17, 15) is 4.79 Å². The molecule has 0 N–H and O–H groups in total. The van der Waals surface area contributed by atoms with Gasteiger partial charge in [-0.15, -0.1) is 0 Å². The van der Waals surface area contributed by atoms with Gasteiger partial charge in [0.05, 0.1) is 11.6 Å². The number of hydrogen-bond acceptors (Lipinski definition) is 3. The molecule has 0 bridgehead atoms. The Balaban J connectivity index is 2.28. The number of carbonyl (C=O) groups excluding carboxylic acids is 1. The van der Waals surface area contributed by atoms with Crippen LogP contribution in [0.15, 0.2) is 36.5 Å². The van der Waals surface area contributed by atoms with Gasteiger partial charge in [0.15, 0.2) is 5.78 Å². The zero-order valence-electron chi connectivity index (χ0n) is 11.6. The summed E-state index contributed by atoms with van der Waals surface area (Å²) < 4.78 is 0. The number of Topliss-reactive ketones (excluding diaryl/α,β-unsaturated/α-hetero) is 1. The molecule has 19 heavy (non-hydrogen) atoms. The highest BCUT2D eigenvalue weighted by atomic mass is 16.1. The molecule has 0 amide bonds. The topological polar surface area (TPSA) is 42.9 Å². The Morgan fingerprint density at radius 3 is 2.79 bits per heavy atom. The van der Waals surface area contributed by atoms with E-state index in [1.54, 1.807) is 6.20 Å². The predicted octanol–water partition coefficient (Wildman–Crippen LogP) is 3.33. The molecule has 0 saturated heterocycles. The van der Waals surface area contributed by atoms with Gasteiger partial charge >= 0.3 is 0 Å². The van der Waals surface area contributed by atoms with Crippen molar-refractivity contribution in [3.8, 4) is 0 Å². The minimum Gasteiger partial charge on any atom is -0.293 e. The van der Waals surface area contributed by atoms with Crippen LogP contribution in [0.25, 0.3) is 0 Å². The molecule has 1 aromatic carbocycles. The third kappa shape index (κ3) is 3.05. The Morgan fingerprint density at radius 1 is 1.32 bits per heavy atom. The fourth-order valence-corrected chi connectivity index (χ4v) is 2.01.